The smallest absolute Gasteiger partial charge is 0.435 e. The number of benzene rings is 1. The molecule has 0 spiro atoms. The SMILES string of the molecule is CS(=O)(=O)c1ccc(-n2nc(C(F)(F)F)cc2OCc2ccc(Cl)cc2)nc1. The molecule has 0 saturated heterocycles. The molecule has 0 fully saturated rings. The molecule has 0 atom stereocenters. The highest BCUT2D eigenvalue weighted by Gasteiger charge is 2.35. The van der Waals surface area contributed by atoms with Gasteiger partial charge < -0.3 is 4.74 Å². The van der Waals surface area contributed by atoms with Crippen molar-refractivity contribution in [2.75, 3.05) is 6.26 Å². The van der Waals surface area contributed by atoms with Crippen molar-refractivity contribution >= 4 is 21.4 Å². The summed E-state index contributed by atoms with van der Waals surface area (Å²) in [4.78, 5) is 3.83. The number of hydrogen-bond donors (Lipinski definition) is 0. The Kier molecular flexibility index (Phi) is 5.35. The molecule has 1 aromatic carbocycles. The third-order valence-corrected chi connectivity index (χ3v) is 4.98. The van der Waals surface area contributed by atoms with Crippen LogP contribution in [0.25, 0.3) is 5.82 Å². The molecule has 0 saturated carbocycles. The molecular weight excluding hydrogens is 419 g/mol. The van der Waals surface area contributed by atoms with Crippen molar-refractivity contribution in [3.63, 3.8) is 0 Å². The van der Waals surface area contributed by atoms with E-state index in [4.69, 9.17) is 16.3 Å². The van der Waals surface area contributed by atoms with Crippen LogP contribution in [0.2, 0.25) is 5.02 Å². The van der Waals surface area contributed by atoms with Crippen molar-refractivity contribution < 1.29 is 26.3 Å². The summed E-state index contributed by atoms with van der Waals surface area (Å²) in [6.07, 6.45) is -2.64. The number of alkyl halides is 3. The van der Waals surface area contributed by atoms with Crippen molar-refractivity contribution in [1.82, 2.24) is 14.8 Å². The maximum atomic E-state index is 13.1. The number of halogens is 4. The first-order chi connectivity index (χ1) is 13.0. The van der Waals surface area contributed by atoms with Crippen molar-refractivity contribution in [2.24, 2.45) is 0 Å². The number of sulfone groups is 1. The second-order valence-electron chi connectivity index (χ2n) is 5.82. The number of nitrogens with zero attached hydrogens (tertiary/aromatic N) is 3. The zero-order chi connectivity index (χ0) is 20.5. The highest BCUT2D eigenvalue weighted by molar-refractivity contribution is 7.90. The molecule has 0 aliphatic rings. The van der Waals surface area contributed by atoms with E-state index in [-0.39, 0.29) is 23.2 Å². The third kappa shape index (κ3) is 4.63. The number of rotatable bonds is 5. The lowest BCUT2D eigenvalue weighted by molar-refractivity contribution is -0.141. The normalized spacial score (nSPS) is 12.2. The fraction of sp³-hybridized carbons (Fsp3) is 0.176. The molecule has 3 rings (SSSR count). The minimum Gasteiger partial charge on any atom is -0.473 e. The Morgan fingerprint density at radius 1 is 1.14 bits per heavy atom. The highest BCUT2D eigenvalue weighted by atomic mass is 35.5. The molecule has 11 heteroatoms. The molecular formula is C17H13ClF3N3O3S. The van der Waals surface area contributed by atoms with Gasteiger partial charge in [0.1, 0.15) is 6.61 Å². The molecule has 2 aromatic heterocycles. The van der Waals surface area contributed by atoms with Crippen LogP contribution in [-0.2, 0) is 22.6 Å². The van der Waals surface area contributed by atoms with E-state index in [0.717, 1.165) is 23.2 Å². The van der Waals surface area contributed by atoms with Gasteiger partial charge in [0.15, 0.2) is 21.3 Å². The first-order valence-electron chi connectivity index (χ1n) is 7.75. The molecule has 28 heavy (non-hydrogen) atoms. The van der Waals surface area contributed by atoms with Crippen LogP contribution >= 0.6 is 11.6 Å². The lowest BCUT2D eigenvalue weighted by Gasteiger charge is -2.09. The number of ether oxygens (including phenoxy) is 1. The summed E-state index contributed by atoms with van der Waals surface area (Å²) < 4.78 is 68.6. The second-order valence-corrected chi connectivity index (χ2v) is 8.27. The molecule has 148 valence electrons. The Bertz CT molecular complexity index is 1080. The molecule has 2 heterocycles. The van der Waals surface area contributed by atoms with Gasteiger partial charge in [0, 0.05) is 23.5 Å². The zero-order valence-electron chi connectivity index (χ0n) is 14.3. The van der Waals surface area contributed by atoms with Crippen molar-refractivity contribution in [2.45, 2.75) is 17.7 Å². The molecule has 0 unspecified atom stereocenters. The zero-order valence-corrected chi connectivity index (χ0v) is 15.9. The lowest BCUT2D eigenvalue weighted by atomic mass is 10.2. The van der Waals surface area contributed by atoms with Crippen molar-refractivity contribution in [3.8, 4) is 11.7 Å². The third-order valence-electron chi connectivity index (χ3n) is 3.63. The van der Waals surface area contributed by atoms with Gasteiger partial charge in [-0.1, -0.05) is 23.7 Å². The van der Waals surface area contributed by atoms with E-state index in [2.05, 4.69) is 10.1 Å². The molecule has 0 bridgehead atoms. The maximum Gasteiger partial charge on any atom is 0.435 e. The fourth-order valence-corrected chi connectivity index (χ4v) is 2.91. The molecule has 0 amide bonds. The Labute approximate surface area is 163 Å². The Morgan fingerprint density at radius 3 is 2.36 bits per heavy atom. The van der Waals surface area contributed by atoms with Gasteiger partial charge in [-0.25, -0.2) is 13.4 Å². The topological polar surface area (TPSA) is 74.1 Å². The minimum absolute atomic E-state index is 0.0194. The van der Waals surface area contributed by atoms with Gasteiger partial charge in [-0.05, 0) is 29.8 Å². The van der Waals surface area contributed by atoms with Crippen LogP contribution in [0.5, 0.6) is 5.88 Å². The van der Waals surface area contributed by atoms with Crippen LogP contribution in [-0.4, -0.2) is 29.4 Å². The van der Waals surface area contributed by atoms with Crippen LogP contribution in [0.15, 0.2) is 53.6 Å². The highest BCUT2D eigenvalue weighted by Crippen LogP contribution is 2.32. The summed E-state index contributed by atoms with van der Waals surface area (Å²) in [5.74, 6) is -0.212. The molecule has 0 radical (unpaired) electrons. The average Bonchev–Trinajstić information content (AvgIpc) is 3.05. The monoisotopic (exact) mass is 431 g/mol. The summed E-state index contributed by atoms with van der Waals surface area (Å²) >= 11 is 5.80. The predicted molar refractivity (Wildman–Crippen MR) is 95.3 cm³/mol. The number of pyridine rings is 1. The van der Waals surface area contributed by atoms with Crippen LogP contribution in [0.4, 0.5) is 13.2 Å². The standard InChI is InChI=1S/C17H13ClF3N3O3S/c1-28(25,26)13-6-7-15(22-9-13)24-16(8-14(23-24)17(19,20)21)27-10-11-2-4-12(18)5-3-11/h2-9H,10H2,1H3. The molecule has 6 nitrogen and oxygen atoms in total. The quantitative estimate of drug-likeness (QED) is 0.612. The molecule has 0 aliphatic heterocycles. The first-order valence-corrected chi connectivity index (χ1v) is 10.0. The van der Waals surface area contributed by atoms with Crippen LogP contribution in [0.3, 0.4) is 0 Å². The van der Waals surface area contributed by atoms with Crippen LogP contribution < -0.4 is 4.74 Å². The van der Waals surface area contributed by atoms with E-state index in [0.29, 0.717) is 10.6 Å². The largest absolute Gasteiger partial charge is 0.473 e. The van der Waals surface area contributed by atoms with E-state index in [1.165, 1.54) is 12.1 Å². The van der Waals surface area contributed by atoms with E-state index >= 15 is 0 Å². The summed E-state index contributed by atoms with van der Waals surface area (Å²) in [5.41, 5.74) is -0.473. The summed E-state index contributed by atoms with van der Waals surface area (Å²) in [7, 11) is -3.49. The second kappa shape index (κ2) is 7.44. The van der Waals surface area contributed by atoms with Crippen LogP contribution in [0.1, 0.15) is 11.3 Å². The van der Waals surface area contributed by atoms with Gasteiger partial charge >= 0.3 is 6.18 Å². The Hall–Kier alpha value is -2.59. The van der Waals surface area contributed by atoms with Gasteiger partial charge in [0.25, 0.3) is 0 Å². The Morgan fingerprint density at radius 2 is 1.82 bits per heavy atom. The van der Waals surface area contributed by atoms with Gasteiger partial charge in [-0.3, -0.25) is 0 Å². The van der Waals surface area contributed by atoms with Gasteiger partial charge in [0.2, 0.25) is 5.88 Å². The summed E-state index contributed by atoms with van der Waals surface area (Å²) in [6, 6.07) is 9.84. The predicted octanol–water partition coefficient (Wildman–Crippen LogP) is 3.92. The summed E-state index contributed by atoms with van der Waals surface area (Å²) in [5, 5.41) is 4.02. The van der Waals surface area contributed by atoms with Crippen LogP contribution in [0, 0.1) is 0 Å². The number of aromatic nitrogens is 3. The van der Waals surface area contributed by atoms with Gasteiger partial charge in [-0.2, -0.15) is 23.0 Å². The molecule has 0 aliphatic carbocycles. The van der Waals surface area contributed by atoms with E-state index in [1.54, 1.807) is 24.3 Å². The molecule has 3 aromatic rings. The van der Waals surface area contributed by atoms with E-state index in [9.17, 15) is 21.6 Å². The minimum atomic E-state index is -4.68. The fourth-order valence-electron chi connectivity index (χ4n) is 2.22. The number of hydrogen-bond acceptors (Lipinski definition) is 5. The van der Waals surface area contributed by atoms with Gasteiger partial charge in [0.05, 0.1) is 4.90 Å². The average molecular weight is 432 g/mol. The molecule has 0 N–H and O–H groups in total. The Balaban J connectivity index is 1.94. The van der Waals surface area contributed by atoms with Gasteiger partial charge in [-0.15, -0.1) is 0 Å². The van der Waals surface area contributed by atoms with E-state index in [1.807, 2.05) is 0 Å². The maximum absolute atomic E-state index is 13.1. The summed E-state index contributed by atoms with van der Waals surface area (Å²) in [6.45, 7) is -0.0262. The lowest BCUT2D eigenvalue weighted by Crippen LogP contribution is -2.09. The van der Waals surface area contributed by atoms with Crippen molar-refractivity contribution in [3.05, 3.63) is 64.9 Å². The first kappa shape index (κ1) is 20.2. The van der Waals surface area contributed by atoms with Crippen molar-refractivity contribution in [1.29, 1.82) is 0 Å². The van der Waals surface area contributed by atoms with E-state index < -0.39 is 21.7 Å².